The summed E-state index contributed by atoms with van der Waals surface area (Å²) in [7, 11) is 0. The highest BCUT2D eigenvalue weighted by molar-refractivity contribution is 5.96. The molecule has 5 aliphatic rings. The molecule has 0 aromatic heterocycles. The molecule has 160 valence electrons. The lowest BCUT2D eigenvalue weighted by atomic mass is 9.36. The first kappa shape index (κ1) is 19.6. The average Bonchev–Trinajstić information content (AvgIpc) is 2.85. The van der Waals surface area contributed by atoms with Gasteiger partial charge in [-0.25, -0.2) is 4.79 Å². The summed E-state index contributed by atoms with van der Waals surface area (Å²) >= 11 is 0. The lowest BCUT2D eigenvalue weighted by Crippen LogP contribution is -2.86. The van der Waals surface area contributed by atoms with E-state index in [-0.39, 0.29) is 13.0 Å². The molecule has 9 nitrogen and oxygen atoms in total. The fraction of sp³-hybridized carbons (Fsp3) is 0.800. The smallest absolute Gasteiger partial charge is 0.338 e. The number of aliphatic hydroxyl groups excluding tert-OH is 4. The van der Waals surface area contributed by atoms with Gasteiger partial charge in [0.1, 0.15) is 29.5 Å². The summed E-state index contributed by atoms with van der Waals surface area (Å²) in [4.78, 5) is 25.0. The third kappa shape index (κ3) is 1.70. The first-order valence-electron chi connectivity index (χ1n) is 9.90. The van der Waals surface area contributed by atoms with Crippen LogP contribution in [0.5, 0.6) is 0 Å². The quantitative estimate of drug-likeness (QED) is 0.287. The molecule has 2 aliphatic heterocycles. The van der Waals surface area contributed by atoms with E-state index in [1.54, 1.807) is 13.8 Å². The second kappa shape index (κ2) is 5.27. The van der Waals surface area contributed by atoms with Crippen molar-refractivity contribution in [2.24, 2.45) is 22.7 Å². The van der Waals surface area contributed by atoms with E-state index in [1.165, 1.54) is 13.0 Å². The number of hydrogen-bond acceptors (Lipinski definition) is 9. The molecule has 0 aromatic rings. The van der Waals surface area contributed by atoms with Gasteiger partial charge in [0.25, 0.3) is 0 Å². The molecule has 29 heavy (non-hydrogen) atoms. The Hall–Kier alpha value is -1.36. The number of carbonyl (C=O) groups excluding carboxylic acids is 2. The number of carbonyl (C=O) groups is 2. The van der Waals surface area contributed by atoms with Crippen LogP contribution in [0.25, 0.3) is 0 Å². The summed E-state index contributed by atoms with van der Waals surface area (Å²) < 4.78 is 11.4. The highest BCUT2D eigenvalue weighted by Crippen LogP contribution is 2.73. The number of allylic oxidation sites excluding steroid dienone is 1. The highest BCUT2D eigenvalue weighted by Gasteiger charge is 2.88. The lowest BCUT2D eigenvalue weighted by molar-refractivity contribution is -0.351. The second-order valence-electron chi connectivity index (χ2n) is 9.79. The maximum Gasteiger partial charge on any atom is 0.338 e. The summed E-state index contributed by atoms with van der Waals surface area (Å²) in [6, 6.07) is 0. The standard InChI is InChI=1S/C20H26O9/c1-7-4-9(21)13(23)17(2)8(7)5-10-19-6-28-18(3,14(24)11(22)12(17)19)20(19,27)15(25)16(26)29-10/h4,8,10-15,22-25,27H,5-6H2,1-3H3. The van der Waals surface area contributed by atoms with Crippen LogP contribution < -0.4 is 0 Å². The Kier molecular flexibility index (Phi) is 3.56. The van der Waals surface area contributed by atoms with E-state index in [9.17, 15) is 35.1 Å². The zero-order valence-electron chi connectivity index (χ0n) is 16.4. The number of aliphatic hydroxyl groups is 5. The zero-order valence-corrected chi connectivity index (χ0v) is 16.4. The SMILES string of the molecule is CC1=CC(=O)C(O)C2(C)C1CC1OC(=O)C(O)C3(O)C4(C)OCC13C2C(O)C4O. The van der Waals surface area contributed by atoms with Gasteiger partial charge in [-0.3, -0.25) is 4.79 Å². The molecule has 2 saturated heterocycles. The number of hydrogen-bond donors (Lipinski definition) is 5. The molecule has 1 spiro atoms. The molecular formula is C20H26O9. The molecule has 2 bridgehead atoms. The summed E-state index contributed by atoms with van der Waals surface area (Å²) in [5, 5.41) is 55.8. The minimum Gasteiger partial charge on any atom is -0.460 e. The van der Waals surface area contributed by atoms with Crippen LogP contribution in [-0.4, -0.2) is 85.6 Å². The van der Waals surface area contributed by atoms with Gasteiger partial charge in [0.15, 0.2) is 11.9 Å². The van der Waals surface area contributed by atoms with Gasteiger partial charge >= 0.3 is 5.97 Å². The molecule has 5 rings (SSSR count). The van der Waals surface area contributed by atoms with Crippen LogP contribution in [0.2, 0.25) is 0 Å². The first-order chi connectivity index (χ1) is 13.4. The van der Waals surface area contributed by atoms with Gasteiger partial charge in [0, 0.05) is 11.3 Å². The fourth-order valence-electron chi connectivity index (χ4n) is 7.56. The Morgan fingerprint density at radius 2 is 1.76 bits per heavy atom. The molecule has 3 aliphatic carbocycles. The van der Waals surface area contributed by atoms with Crippen LogP contribution in [0.4, 0.5) is 0 Å². The van der Waals surface area contributed by atoms with Gasteiger partial charge in [-0.15, -0.1) is 0 Å². The van der Waals surface area contributed by atoms with E-state index in [2.05, 4.69) is 0 Å². The predicted octanol–water partition coefficient (Wildman–Crippen LogP) is -1.95. The molecule has 0 radical (unpaired) electrons. The van der Waals surface area contributed by atoms with Crippen LogP contribution in [0, 0.1) is 22.7 Å². The zero-order chi connectivity index (χ0) is 21.3. The topological polar surface area (TPSA) is 154 Å². The molecule has 0 amide bonds. The number of esters is 1. The maximum atomic E-state index is 12.5. The normalized spacial score (nSPS) is 60.8. The molecule has 9 heteroatoms. The Balaban J connectivity index is 1.83. The van der Waals surface area contributed by atoms with Crippen molar-refractivity contribution < 1.29 is 44.6 Å². The summed E-state index contributed by atoms with van der Waals surface area (Å²) in [5.41, 5.74) is -6.22. The van der Waals surface area contributed by atoms with Gasteiger partial charge in [-0.1, -0.05) is 12.5 Å². The van der Waals surface area contributed by atoms with Crippen LogP contribution in [0.3, 0.4) is 0 Å². The van der Waals surface area contributed by atoms with Gasteiger partial charge in [0.2, 0.25) is 0 Å². The van der Waals surface area contributed by atoms with E-state index >= 15 is 0 Å². The van der Waals surface area contributed by atoms with E-state index < -0.39 is 76.1 Å². The summed E-state index contributed by atoms with van der Waals surface area (Å²) in [5.74, 6) is -3.08. The molecule has 2 heterocycles. The summed E-state index contributed by atoms with van der Waals surface area (Å²) in [6.07, 6.45) is -6.07. The Morgan fingerprint density at radius 1 is 1.10 bits per heavy atom. The van der Waals surface area contributed by atoms with Gasteiger partial charge in [-0.2, -0.15) is 0 Å². The lowest BCUT2D eigenvalue weighted by Gasteiger charge is -2.70. The number of ketones is 1. The van der Waals surface area contributed by atoms with E-state index in [1.807, 2.05) is 0 Å². The van der Waals surface area contributed by atoms with Crippen LogP contribution in [0.1, 0.15) is 27.2 Å². The van der Waals surface area contributed by atoms with Crippen molar-refractivity contribution in [3.05, 3.63) is 11.6 Å². The molecule has 5 N–H and O–H groups in total. The largest absolute Gasteiger partial charge is 0.460 e. The van der Waals surface area contributed by atoms with E-state index in [0.717, 1.165) is 0 Å². The Morgan fingerprint density at radius 3 is 2.41 bits per heavy atom. The predicted molar refractivity (Wildman–Crippen MR) is 94.1 cm³/mol. The van der Waals surface area contributed by atoms with Crippen molar-refractivity contribution >= 4 is 11.8 Å². The Labute approximate surface area is 166 Å². The van der Waals surface area contributed by atoms with Crippen molar-refractivity contribution in [1.29, 1.82) is 0 Å². The summed E-state index contributed by atoms with van der Waals surface area (Å²) in [6.45, 7) is 4.52. The molecule has 0 aromatic carbocycles. The van der Waals surface area contributed by atoms with Gasteiger partial charge in [-0.05, 0) is 32.3 Å². The Bertz CT molecular complexity index is 855. The minimum atomic E-state index is -2.27. The van der Waals surface area contributed by atoms with Gasteiger partial charge < -0.3 is 35.0 Å². The molecule has 2 saturated carbocycles. The van der Waals surface area contributed by atoms with Gasteiger partial charge in [0.05, 0.1) is 18.1 Å². The first-order valence-corrected chi connectivity index (χ1v) is 9.90. The van der Waals surface area contributed by atoms with Crippen molar-refractivity contribution in [3.8, 4) is 0 Å². The van der Waals surface area contributed by atoms with Crippen molar-refractivity contribution in [2.75, 3.05) is 6.61 Å². The third-order valence-electron chi connectivity index (χ3n) is 8.96. The maximum absolute atomic E-state index is 12.5. The molecule has 11 unspecified atom stereocenters. The monoisotopic (exact) mass is 410 g/mol. The number of ether oxygens (including phenoxy) is 2. The van der Waals surface area contributed by atoms with Crippen LogP contribution in [-0.2, 0) is 19.1 Å². The molecule has 4 fully saturated rings. The van der Waals surface area contributed by atoms with Crippen molar-refractivity contribution in [2.45, 2.75) is 68.9 Å². The average molecular weight is 410 g/mol. The number of fused-ring (bicyclic) bond motifs is 2. The molecule has 11 atom stereocenters. The van der Waals surface area contributed by atoms with Crippen LogP contribution in [0.15, 0.2) is 11.6 Å². The van der Waals surface area contributed by atoms with Crippen LogP contribution >= 0.6 is 0 Å². The van der Waals surface area contributed by atoms with E-state index in [4.69, 9.17) is 9.47 Å². The number of rotatable bonds is 0. The minimum absolute atomic E-state index is 0.183. The van der Waals surface area contributed by atoms with E-state index in [0.29, 0.717) is 5.57 Å². The third-order valence-corrected chi connectivity index (χ3v) is 8.96. The molecular weight excluding hydrogens is 384 g/mol. The van der Waals surface area contributed by atoms with Crippen molar-refractivity contribution in [3.63, 3.8) is 0 Å². The fourth-order valence-corrected chi connectivity index (χ4v) is 7.56. The second-order valence-corrected chi connectivity index (χ2v) is 9.79. The highest BCUT2D eigenvalue weighted by atomic mass is 16.6. The van der Waals surface area contributed by atoms with Crippen molar-refractivity contribution in [1.82, 2.24) is 0 Å².